The van der Waals surface area contributed by atoms with E-state index in [9.17, 15) is 0 Å². The Hall–Kier alpha value is -0.0800. The summed E-state index contributed by atoms with van der Waals surface area (Å²) in [5, 5.41) is 7.12. The molecule has 3 rings (SSSR count). The standard InChI is InChI=1S/C19H36N2/c1-20-14-19(11-15-5-4-10-21-13-15)18-9-8-16-6-2-3-7-17(16)12-18/h15-21H,2-14H2,1H3/t15?,16?,17?,18?,19-/m1/s1. The van der Waals surface area contributed by atoms with E-state index in [1.807, 2.05) is 0 Å². The summed E-state index contributed by atoms with van der Waals surface area (Å²) in [6.45, 7) is 3.78. The van der Waals surface area contributed by atoms with E-state index in [0.717, 1.165) is 29.6 Å². The molecule has 1 saturated heterocycles. The Morgan fingerprint density at radius 2 is 1.86 bits per heavy atom. The Morgan fingerprint density at radius 3 is 2.62 bits per heavy atom. The molecular weight excluding hydrogens is 256 g/mol. The van der Waals surface area contributed by atoms with Crippen LogP contribution in [0.15, 0.2) is 0 Å². The first-order chi connectivity index (χ1) is 10.4. The van der Waals surface area contributed by atoms with Crippen LogP contribution in [0.5, 0.6) is 0 Å². The molecule has 2 aliphatic carbocycles. The van der Waals surface area contributed by atoms with Crippen molar-refractivity contribution in [1.82, 2.24) is 10.6 Å². The maximum atomic E-state index is 3.61. The summed E-state index contributed by atoms with van der Waals surface area (Å²) in [7, 11) is 2.15. The fraction of sp³-hybridized carbons (Fsp3) is 1.00. The van der Waals surface area contributed by atoms with Gasteiger partial charge in [-0.1, -0.05) is 25.7 Å². The van der Waals surface area contributed by atoms with E-state index in [4.69, 9.17) is 0 Å². The monoisotopic (exact) mass is 292 g/mol. The van der Waals surface area contributed by atoms with Gasteiger partial charge in [-0.3, -0.25) is 0 Å². The summed E-state index contributed by atoms with van der Waals surface area (Å²) in [5.41, 5.74) is 0. The first-order valence-electron chi connectivity index (χ1n) is 9.72. The van der Waals surface area contributed by atoms with Gasteiger partial charge in [-0.05, 0) is 94.8 Å². The first-order valence-corrected chi connectivity index (χ1v) is 9.72. The largest absolute Gasteiger partial charge is 0.319 e. The highest BCUT2D eigenvalue weighted by molar-refractivity contribution is 4.87. The van der Waals surface area contributed by atoms with Crippen molar-refractivity contribution in [3.63, 3.8) is 0 Å². The highest BCUT2D eigenvalue weighted by Gasteiger charge is 2.35. The minimum absolute atomic E-state index is 0.933. The summed E-state index contributed by atoms with van der Waals surface area (Å²) >= 11 is 0. The van der Waals surface area contributed by atoms with Crippen molar-refractivity contribution in [2.24, 2.45) is 29.6 Å². The molecule has 1 heterocycles. The molecule has 0 spiro atoms. The lowest BCUT2D eigenvalue weighted by Gasteiger charge is -2.43. The summed E-state index contributed by atoms with van der Waals surface area (Å²) < 4.78 is 0. The molecule has 21 heavy (non-hydrogen) atoms. The van der Waals surface area contributed by atoms with Crippen LogP contribution in [0, 0.1) is 29.6 Å². The van der Waals surface area contributed by atoms with Gasteiger partial charge in [0.2, 0.25) is 0 Å². The number of nitrogens with one attached hydrogen (secondary N) is 2. The lowest BCUT2D eigenvalue weighted by Crippen LogP contribution is -2.38. The van der Waals surface area contributed by atoms with Crippen molar-refractivity contribution in [2.45, 2.75) is 64.2 Å². The number of fused-ring (bicyclic) bond motifs is 1. The van der Waals surface area contributed by atoms with Crippen LogP contribution in [0.1, 0.15) is 64.2 Å². The van der Waals surface area contributed by atoms with Gasteiger partial charge >= 0.3 is 0 Å². The second-order valence-corrected chi connectivity index (χ2v) is 8.14. The molecule has 0 aromatic heterocycles. The van der Waals surface area contributed by atoms with Gasteiger partial charge in [-0.2, -0.15) is 0 Å². The van der Waals surface area contributed by atoms with Gasteiger partial charge in [-0.15, -0.1) is 0 Å². The van der Waals surface area contributed by atoms with Gasteiger partial charge in [0.25, 0.3) is 0 Å². The Labute approximate surface area is 131 Å². The van der Waals surface area contributed by atoms with E-state index < -0.39 is 0 Å². The molecule has 5 atom stereocenters. The highest BCUT2D eigenvalue weighted by atomic mass is 14.9. The molecule has 0 bridgehead atoms. The number of hydrogen-bond acceptors (Lipinski definition) is 2. The van der Waals surface area contributed by atoms with Gasteiger partial charge in [0.15, 0.2) is 0 Å². The maximum absolute atomic E-state index is 3.61. The molecule has 2 N–H and O–H groups in total. The van der Waals surface area contributed by atoms with Crippen molar-refractivity contribution < 1.29 is 0 Å². The Bertz CT molecular complexity index is 298. The van der Waals surface area contributed by atoms with E-state index in [-0.39, 0.29) is 0 Å². The second kappa shape index (κ2) is 7.97. The topological polar surface area (TPSA) is 24.1 Å². The van der Waals surface area contributed by atoms with Gasteiger partial charge in [0, 0.05) is 0 Å². The van der Waals surface area contributed by atoms with Crippen LogP contribution >= 0.6 is 0 Å². The smallest absolute Gasteiger partial charge is 0.00204 e. The molecule has 0 amide bonds. The number of piperidine rings is 1. The molecule has 122 valence electrons. The number of hydrogen-bond donors (Lipinski definition) is 2. The zero-order valence-electron chi connectivity index (χ0n) is 14.1. The van der Waals surface area contributed by atoms with Crippen molar-refractivity contribution in [2.75, 3.05) is 26.7 Å². The average molecular weight is 293 g/mol. The molecule has 1 aliphatic heterocycles. The zero-order valence-corrected chi connectivity index (χ0v) is 14.1. The lowest BCUT2D eigenvalue weighted by molar-refractivity contribution is 0.0882. The SMILES string of the molecule is CNC[C@@H](CC1CCCNC1)C1CCC2CCCCC2C1. The molecule has 0 radical (unpaired) electrons. The predicted molar refractivity (Wildman–Crippen MR) is 90.4 cm³/mol. The van der Waals surface area contributed by atoms with Crippen LogP contribution in [0.4, 0.5) is 0 Å². The minimum Gasteiger partial charge on any atom is -0.319 e. The molecule has 2 nitrogen and oxygen atoms in total. The molecular formula is C19H36N2. The Kier molecular flexibility index (Phi) is 5.99. The van der Waals surface area contributed by atoms with Crippen LogP contribution in [0.3, 0.4) is 0 Å². The van der Waals surface area contributed by atoms with Crippen LogP contribution in [0.2, 0.25) is 0 Å². The van der Waals surface area contributed by atoms with Crippen LogP contribution in [-0.2, 0) is 0 Å². The molecule has 4 unspecified atom stereocenters. The summed E-state index contributed by atoms with van der Waals surface area (Å²) in [6.07, 6.45) is 15.0. The van der Waals surface area contributed by atoms with E-state index in [2.05, 4.69) is 17.7 Å². The normalized spacial score (nSPS) is 38.7. The van der Waals surface area contributed by atoms with E-state index in [0.29, 0.717) is 0 Å². The van der Waals surface area contributed by atoms with Crippen LogP contribution < -0.4 is 10.6 Å². The van der Waals surface area contributed by atoms with Crippen LogP contribution in [0.25, 0.3) is 0 Å². The van der Waals surface area contributed by atoms with E-state index >= 15 is 0 Å². The third-order valence-corrected chi connectivity index (χ3v) is 6.75. The van der Waals surface area contributed by atoms with E-state index in [1.54, 1.807) is 25.7 Å². The first kappa shape index (κ1) is 15.8. The fourth-order valence-corrected chi connectivity index (χ4v) is 5.60. The maximum Gasteiger partial charge on any atom is -0.00204 e. The fourth-order valence-electron chi connectivity index (χ4n) is 5.60. The summed E-state index contributed by atoms with van der Waals surface area (Å²) in [6, 6.07) is 0. The molecule has 3 fully saturated rings. The third-order valence-electron chi connectivity index (χ3n) is 6.75. The molecule has 0 aromatic carbocycles. The van der Waals surface area contributed by atoms with Gasteiger partial charge in [-0.25, -0.2) is 0 Å². The van der Waals surface area contributed by atoms with Crippen molar-refractivity contribution in [1.29, 1.82) is 0 Å². The quantitative estimate of drug-likeness (QED) is 0.805. The van der Waals surface area contributed by atoms with Crippen molar-refractivity contribution >= 4 is 0 Å². The summed E-state index contributed by atoms with van der Waals surface area (Å²) in [4.78, 5) is 0. The van der Waals surface area contributed by atoms with Crippen LogP contribution in [-0.4, -0.2) is 26.7 Å². The predicted octanol–water partition coefficient (Wildman–Crippen LogP) is 3.82. The molecule has 2 saturated carbocycles. The third kappa shape index (κ3) is 4.22. The van der Waals surface area contributed by atoms with Crippen molar-refractivity contribution in [3.05, 3.63) is 0 Å². The molecule has 0 aromatic rings. The van der Waals surface area contributed by atoms with Gasteiger partial charge in [0.05, 0.1) is 0 Å². The van der Waals surface area contributed by atoms with Crippen molar-refractivity contribution in [3.8, 4) is 0 Å². The van der Waals surface area contributed by atoms with Gasteiger partial charge < -0.3 is 10.6 Å². The second-order valence-electron chi connectivity index (χ2n) is 8.14. The average Bonchev–Trinajstić information content (AvgIpc) is 2.55. The molecule has 3 aliphatic rings. The Balaban J connectivity index is 1.55. The summed E-state index contributed by atoms with van der Waals surface area (Å²) in [5.74, 6) is 5.07. The minimum atomic E-state index is 0.933. The molecule has 2 heteroatoms. The zero-order chi connectivity index (χ0) is 14.5. The Morgan fingerprint density at radius 1 is 1.00 bits per heavy atom. The van der Waals surface area contributed by atoms with E-state index in [1.165, 1.54) is 58.2 Å². The highest BCUT2D eigenvalue weighted by Crippen LogP contribution is 2.45. The number of rotatable bonds is 5. The lowest BCUT2D eigenvalue weighted by atomic mass is 9.64. The van der Waals surface area contributed by atoms with Gasteiger partial charge in [0.1, 0.15) is 0 Å².